The lowest BCUT2D eigenvalue weighted by molar-refractivity contribution is 0.168. The first-order valence-electron chi connectivity index (χ1n) is 4.09. The van der Waals surface area contributed by atoms with Gasteiger partial charge in [0.1, 0.15) is 0 Å². The van der Waals surface area contributed by atoms with Gasteiger partial charge < -0.3 is 9.57 Å². The Hall–Kier alpha value is -1.39. The van der Waals surface area contributed by atoms with Crippen LogP contribution < -0.4 is 10.6 Å². The summed E-state index contributed by atoms with van der Waals surface area (Å²) in [5, 5.41) is 0. The standard InChI is InChI=1S/C10H12FNO2/c1-13-10-5-4-8(7-9(10)11)3-2-6-14-12/h2-5,7H,6,12H2,1H3/b3-2+. The third-order valence-electron chi connectivity index (χ3n) is 1.68. The van der Waals surface area contributed by atoms with Crippen LogP contribution in [0.15, 0.2) is 24.3 Å². The lowest BCUT2D eigenvalue weighted by Gasteiger charge is -2.01. The summed E-state index contributed by atoms with van der Waals surface area (Å²) in [5.74, 6) is 4.67. The molecule has 0 aliphatic carbocycles. The third kappa shape index (κ3) is 2.83. The topological polar surface area (TPSA) is 44.5 Å². The predicted octanol–water partition coefficient (Wildman–Crippen LogP) is 1.74. The minimum Gasteiger partial charge on any atom is -0.494 e. The van der Waals surface area contributed by atoms with Crippen molar-refractivity contribution in [2.45, 2.75) is 0 Å². The van der Waals surface area contributed by atoms with E-state index in [4.69, 9.17) is 10.6 Å². The zero-order chi connectivity index (χ0) is 10.4. The molecule has 0 aliphatic rings. The van der Waals surface area contributed by atoms with Crippen molar-refractivity contribution in [1.29, 1.82) is 0 Å². The molecule has 2 N–H and O–H groups in total. The van der Waals surface area contributed by atoms with Crippen molar-refractivity contribution in [3.05, 3.63) is 35.7 Å². The summed E-state index contributed by atoms with van der Waals surface area (Å²) in [4.78, 5) is 4.33. The first-order chi connectivity index (χ1) is 6.77. The molecule has 0 amide bonds. The Balaban J connectivity index is 2.76. The van der Waals surface area contributed by atoms with Crippen LogP contribution in [0.4, 0.5) is 4.39 Å². The number of benzene rings is 1. The van der Waals surface area contributed by atoms with E-state index in [9.17, 15) is 4.39 Å². The summed E-state index contributed by atoms with van der Waals surface area (Å²) < 4.78 is 17.9. The molecule has 0 aliphatic heterocycles. The molecule has 76 valence electrons. The average molecular weight is 197 g/mol. The van der Waals surface area contributed by atoms with Crippen molar-refractivity contribution in [2.24, 2.45) is 5.90 Å². The van der Waals surface area contributed by atoms with Crippen LogP contribution in [-0.2, 0) is 4.84 Å². The smallest absolute Gasteiger partial charge is 0.165 e. The number of halogens is 1. The van der Waals surface area contributed by atoms with Crippen molar-refractivity contribution in [2.75, 3.05) is 13.7 Å². The van der Waals surface area contributed by atoms with Gasteiger partial charge in [-0.25, -0.2) is 10.3 Å². The lowest BCUT2D eigenvalue weighted by Crippen LogP contribution is -1.96. The molecule has 1 aromatic rings. The van der Waals surface area contributed by atoms with E-state index in [1.54, 1.807) is 24.3 Å². The van der Waals surface area contributed by atoms with Crippen LogP contribution in [0.5, 0.6) is 5.75 Å². The highest BCUT2D eigenvalue weighted by atomic mass is 19.1. The maximum Gasteiger partial charge on any atom is 0.165 e. The zero-order valence-corrected chi connectivity index (χ0v) is 7.87. The molecular formula is C10H12FNO2. The second-order valence-corrected chi connectivity index (χ2v) is 2.63. The lowest BCUT2D eigenvalue weighted by atomic mass is 10.2. The van der Waals surface area contributed by atoms with Crippen molar-refractivity contribution in [3.8, 4) is 5.75 Å². The van der Waals surface area contributed by atoms with E-state index in [2.05, 4.69) is 4.84 Å². The van der Waals surface area contributed by atoms with Crippen LogP contribution in [0.3, 0.4) is 0 Å². The van der Waals surface area contributed by atoms with Crippen LogP contribution in [0.25, 0.3) is 6.08 Å². The fourth-order valence-electron chi connectivity index (χ4n) is 1.03. The molecule has 1 aromatic carbocycles. The van der Waals surface area contributed by atoms with Gasteiger partial charge in [0.05, 0.1) is 13.7 Å². The van der Waals surface area contributed by atoms with Crippen molar-refractivity contribution >= 4 is 6.08 Å². The molecule has 4 heteroatoms. The first-order valence-corrected chi connectivity index (χ1v) is 4.09. The van der Waals surface area contributed by atoms with Gasteiger partial charge in [-0.15, -0.1) is 0 Å². The fourth-order valence-corrected chi connectivity index (χ4v) is 1.03. The molecule has 14 heavy (non-hydrogen) atoms. The SMILES string of the molecule is COc1ccc(/C=C/CON)cc1F. The molecule has 0 atom stereocenters. The quantitative estimate of drug-likeness (QED) is 0.748. The highest BCUT2D eigenvalue weighted by Gasteiger charge is 2.00. The van der Waals surface area contributed by atoms with Crippen LogP contribution in [0, 0.1) is 5.82 Å². The number of rotatable bonds is 4. The van der Waals surface area contributed by atoms with Gasteiger partial charge >= 0.3 is 0 Å². The first kappa shape index (κ1) is 10.7. The molecule has 0 bridgehead atoms. The molecular weight excluding hydrogens is 185 g/mol. The molecule has 0 saturated carbocycles. The molecule has 0 unspecified atom stereocenters. The van der Waals surface area contributed by atoms with Crippen LogP contribution in [0.2, 0.25) is 0 Å². The Labute approximate surface area is 81.9 Å². The van der Waals surface area contributed by atoms with Gasteiger partial charge in [0.25, 0.3) is 0 Å². The molecule has 3 nitrogen and oxygen atoms in total. The summed E-state index contributed by atoms with van der Waals surface area (Å²) >= 11 is 0. The Bertz CT molecular complexity index is 326. The molecule has 0 saturated heterocycles. The predicted molar refractivity (Wildman–Crippen MR) is 52.1 cm³/mol. The van der Waals surface area contributed by atoms with Crippen LogP contribution >= 0.6 is 0 Å². The summed E-state index contributed by atoms with van der Waals surface area (Å²) in [6.45, 7) is 0.299. The van der Waals surface area contributed by atoms with E-state index in [0.29, 0.717) is 6.61 Å². The largest absolute Gasteiger partial charge is 0.494 e. The molecule has 1 rings (SSSR count). The number of methoxy groups -OCH3 is 1. The van der Waals surface area contributed by atoms with Crippen molar-refractivity contribution in [3.63, 3.8) is 0 Å². The monoisotopic (exact) mass is 197 g/mol. The van der Waals surface area contributed by atoms with Gasteiger partial charge in [-0.1, -0.05) is 18.2 Å². The average Bonchev–Trinajstić information content (AvgIpc) is 2.18. The third-order valence-corrected chi connectivity index (χ3v) is 1.68. The summed E-state index contributed by atoms with van der Waals surface area (Å²) in [6, 6.07) is 4.69. The molecule has 0 heterocycles. The van der Waals surface area contributed by atoms with Gasteiger partial charge in [0, 0.05) is 0 Å². The Morgan fingerprint density at radius 2 is 2.29 bits per heavy atom. The molecule has 0 radical (unpaired) electrons. The minimum absolute atomic E-state index is 0.234. The molecule has 0 fully saturated rings. The van der Waals surface area contributed by atoms with E-state index < -0.39 is 0 Å². The van der Waals surface area contributed by atoms with Gasteiger partial charge in [-0.05, 0) is 17.7 Å². The molecule has 0 spiro atoms. The number of ether oxygens (including phenoxy) is 1. The summed E-state index contributed by atoms with van der Waals surface area (Å²) in [7, 11) is 1.43. The normalized spacial score (nSPS) is 10.8. The van der Waals surface area contributed by atoms with Crippen molar-refractivity contribution < 1.29 is 14.0 Å². The van der Waals surface area contributed by atoms with E-state index in [0.717, 1.165) is 5.56 Å². The Morgan fingerprint density at radius 1 is 1.50 bits per heavy atom. The van der Waals surface area contributed by atoms with Gasteiger partial charge in [0.2, 0.25) is 0 Å². The number of hydrogen-bond acceptors (Lipinski definition) is 3. The highest BCUT2D eigenvalue weighted by molar-refractivity contribution is 5.51. The number of hydrogen-bond donors (Lipinski definition) is 1. The van der Waals surface area contributed by atoms with E-state index in [1.807, 2.05) is 0 Å². The van der Waals surface area contributed by atoms with Gasteiger partial charge in [0.15, 0.2) is 11.6 Å². The summed E-state index contributed by atoms with van der Waals surface area (Å²) in [6.07, 6.45) is 3.41. The highest BCUT2D eigenvalue weighted by Crippen LogP contribution is 2.18. The summed E-state index contributed by atoms with van der Waals surface area (Å²) in [5.41, 5.74) is 0.736. The zero-order valence-electron chi connectivity index (χ0n) is 7.87. The van der Waals surface area contributed by atoms with Crippen LogP contribution in [-0.4, -0.2) is 13.7 Å². The second-order valence-electron chi connectivity index (χ2n) is 2.63. The van der Waals surface area contributed by atoms with Crippen molar-refractivity contribution in [1.82, 2.24) is 0 Å². The van der Waals surface area contributed by atoms with E-state index >= 15 is 0 Å². The maximum atomic E-state index is 13.1. The van der Waals surface area contributed by atoms with E-state index in [-0.39, 0.29) is 11.6 Å². The second kappa shape index (κ2) is 5.36. The number of nitrogens with two attached hydrogens (primary N) is 1. The minimum atomic E-state index is -0.386. The Kier molecular flexibility index (Phi) is 4.10. The van der Waals surface area contributed by atoms with Gasteiger partial charge in [-0.3, -0.25) is 0 Å². The van der Waals surface area contributed by atoms with Crippen LogP contribution in [0.1, 0.15) is 5.56 Å². The van der Waals surface area contributed by atoms with E-state index in [1.165, 1.54) is 13.2 Å². The van der Waals surface area contributed by atoms with Gasteiger partial charge in [-0.2, -0.15) is 0 Å². The Morgan fingerprint density at radius 3 is 2.86 bits per heavy atom. The molecule has 0 aromatic heterocycles. The maximum absolute atomic E-state index is 13.1. The fraction of sp³-hybridized carbons (Fsp3) is 0.200.